The minimum atomic E-state index is -2.75. The fraction of sp³-hybridized carbons (Fsp3) is 0.250. The van der Waals surface area contributed by atoms with Crippen LogP contribution >= 0.6 is 0 Å². The molecule has 3 aromatic heterocycles. The van der Waals surface area contributed by atoms with Crippen LogP contribution in [0.5, 0.6) is 0 Å². The normalized spacial score (nSPS) is 19.5. The summed E-state index contributed by atoms with van der Waals surface area (Å²) >= 11 is 0. The van der Waals surface area contributed by atoms with Crippen molar-refractivity contribution < 1.29 is 13.3 Å². The third kappa shape index (κ3) is 2.88. The van der Waals surface area contributed by atoms with E-state index in [2.05, 4.69) is 25.4 Å². The van der Waals surface area contributed by atoms with Crippen molar-refractivity contribution in [1.82, 2.24) is 25.4 Å². The maximum atomic E-state index is 13.2. The summed E-state index contributed by atoms with van der Waals surface area (Å²) in [6.07, 6.45) is 3.02. The molecule has 1 fully saturated rings. The van der Waals surface area contributed by atoms with Gasteiger partial charge in [0.1, 0.15) is 5.69 Å². The predicted molar refractivity (Wildman–Crippen MR) is 81.1 cm³/mol. The minimum absolute atomic E-state index is 0.151. The highest BCUT2D eigenvalue weighted by atomic mass is 19.3. The molecule has 0 unspecified atom stereocenters. The molecule has 122 valence electrons. The third-order valence-corrected chi connectivity index (χ3v) is 3.80. The molecule has 0 saturated carbocycles. The molecule has 1 aliphatic heterocycles. The minimum Gasteiger partial charge on any atom is -0.337 e. The Bertz CT molecular complexity index is 835. The Kier molecular flexibility index (Phi) is 3.53. The molecule has 1 atom stereocenters. The van der Waals surface area contributed by atoms with E-state index in [1.807, 2.05) is 24.3 Å². The van der Waals surface area contributed by atoms with Gasteiger partial charge < -0.3 is 4.52 Å². The second kappa shape index (κ2) is 5.72. The number of aromatic nitrogens is 4. The molecular formula is C16H13F2N5O. The van der Waals surface area contributed by atoms with E-state index < -0.39 is 12.0 Å². The molecule has 0 bridgehead atoms. The Morgan fingerprint density at radius 1 is 1.12 bits per heavy atom. The van der Waals surface area contributed by atoms with Crippen LogP contribution in [-0.2, 0) is 0 Å². The highest BCUT2D eigenvalue weighted by molar-refractivity contribution is 5.60. The quantitative estimate of drug-likeness (QED) is 0.796. The highest BCUT2D eigenvalue weighted by Crippen LogP contribution is 2.33. The third-order valence-electron chi connectivity index (χ3n) is 3.80. The average Bonchev–Trinajstić information content (AvgIpc) is 3.22. The first-order valence-electron chi connectivity index (χ1n) is 7.43. The van der Waals surface area contributed by atoms with Gasteiger partial charge in [0.15, 0.2) is 0 Å². The van der Waals surface area contributed by atoms with E-state index in [1.54, 1.807) is 18.5 Å². The Morgan fingerprint density at radius 2 is 2.04 bits per heavy atom. The SMILES string of the molecule is FC1(F)CN[C@H](c2nc(-c3ccc(-c4ccccn4)cn3)no2)C1. The van der Waals surface area contributed by atoms with E-state index in [-0.39, 0.29) is 24.7 Å². The van der Waals surface area contributed by atoms with Gasteiger partial charge in [-0.2, -0.15) is 4.98 Å². The lowest BCUT2D eigenvalue weighted by Gasteiger charge is -2.04. The monoisotopic (exact) mass is 329 g/mol. The van der Waals surface area contributed by atoms with Crippen molar-refractivity contribution in [2.24, 2.45) is 0 Å². The van der Waals surface area contributed by atoms with Gasteiger partial charge in [-0.25, -0.2) is 8.78 Å². The molecule has 3 aromatic rings. The largest absolute Gasteiger partial charge is 0.337 e. The van der Waals surface area contributed by atoms with Gasteiger partial charge in [0.05, 0.1) is 18.3 Å². The molecule has 8 heteroatoms. The summed E-state index contributed by atoms with van der Waals surface area (Å²) in [6, 6.07) is 8.58. The smallest absolute Gasteiger partial charge is 0.262 e. The van der Waals surface area contributed by atoms with Gasteiger partial charge in [-0.15, -0.1) is 0 Å². The van der Waals surface area contributed by atoms with E-state index >= 15 is 0 Å². The van der Waals surface area contributed by atoms with Crippen LogP contribution in [0.3, 0.4) is 0 Å². The van der Waals surface area contributed by atoms with Crippen LogP contribution in [-0.4, -0.2) is 32.6 Å². The van der Waals surface area contributed by atoms with Crippen LogP contribution < -0.4 is 5.32 Å². The summed E-state index contributed by atoms with van der Waals surface area (Å²) in [5, 5.41) is 6.52. The standard InChI is InChI=1S/C16H13F2N5O/c17-16(18)7-13(21-9-16)15-22-14(23-24-15)12-5-4-10(8-20-12)11-3-1-2-6-19-11/h1-6,8,13,21H,7,9H2/t13-/m0/s1. The van der Waals surface area contributed by atoms with Gasteiger partial charge in [-0.05, 0) is 24.3 Å². The van der Waals surface area contributed by atoms with Crippen molar-refractivity contribution in [1.29, 1.82) is 0 Å². The predicted octanol–water partition coefficient (Wildman–Crippen LogP) is 2.86. The zero-order valence-electron chi connectivity index (χ0n) is 12.5. The summed E-state index contributed by atoms with van der Waals surface area (Å²) in [4.78, 5) is 12.7. The topological polar surface area (TPSA) is 76.7 Å². The Labute approximate surface area is 136 Å². The molecule has 0 aliphatic carbocycles. The Morgan fingerprint density at radius 3 is 2.71 bits per heavy atom. The molecule has 1 N–H and O–H groups in total. The van der Waals surface area contributed by atoms with Gasteiger partial charge in [0.2, 0.25) is 11.7 Å². The molecule has 1 saturated heterocycles. The molecular weight excluding hydrogens is 316 g/mol. The maximum absolute atomic E-state index is 13.2. The van der Waals surface area contributed by atoms with E-state index in [1.165, 1.54) is 0 Å². The number of alkyl halides is 2. The maximum Gasteiger partial charge on any atom is 0.262 e. The van der Waals surface area contributed by atoms with Crippen LogP contribution in [0.2, 0.25) is 0 Å². The molecule has 4 rings (SSSR count). The zero-order chi connectivity index (χ0) is 16.6. The fourth-order valence-electron chi connectivity index (χ4n) is 2.58. The lowest BCUT2D eigenvalue weighted by Crippen LogP contribution is -2.19. The van der Waals surface area contributed by atoms with Crippen LogP contribution in [0.1, 0.15) is 18.4 Å². The van der Waals surface area contributed by atoms with Crippen LogP contribution in [0.15, 0.2) is 47.2 Å². The van der Waals surface area contributed by atoms with Gasteiger partial charge in [0.25, 0.3) is 5.92 Å². The number of pyridine rings is 2. The van der Waals surface area contributed by atoms with Gasteiger partial charge in [0, 0.05) is 24.4 Å². The number of rotatable bonds is 3. The Hall–Kier alpha value is -2.74. The number of hydrogen-bond acceptors (Lipinski definition) is 6. The molecule has 0 radical (unpaired) electrons. The summed E-state index contributed by atoms with van der Waals surface area (Å²) in [6.45, 7) is -0.383. The lowest BCUT2D eigenvalue weighted by molar-refractivity contribution is 0.0200. The molecule has 1 aliphatic rings. The molecule has 4 heterocycles. The summed E-state index contributed by atoms with van der Waals surface area (Å²) in [5.41, 5.74) is 2.18. The number of halogens is 2. The molecule has 0 aromatic carbocycles. The Balaban J connectivity index is 1.55. The number of nitrogens with zero attached hydrogens (tertiary/aromatic N) is 4. The van der Waals surface area contributed by atoms with Crippen LogP contribution in [0, 0.1) is 0 Å². The summed E-state index contributed by atoms with van der Waals surface area (Å²) < 4.78 is 31.6. The lowest BCUT2D eigenvalue weighted by atomic mass is 10.2. The highest BCUT2D eigenvalue weighted by Gasteiger charge is 2.42. The average molecular weight is 329 g/mol. The second-order valence-electron chi connectivity index (χ2n) is 5.60. The number of hydrogen-bond donors (Lipinski definition) is 1. The van der Waals surface area contributed by atoms with Crippen molar-refractivity contribution in [2.75, 3.05) is 6.54 Å². The van der Waals surface area contributed by atoms with Gasteiger partial charge in [-0.3, -0.25) is 15.3 Å². The second-order valence-corrected chi connectivity index (χ2v) is 5.60. The van der Waals surface area contributed by atoms with Crippen molar-refractivity contribution in [3.05, 3.63) is 48.6 Å². The number of nitrogens with one attached hydrogen (secondary N) is 1. The molecule has 24 heavy (non-hydrogen) atoms. The van der Waals surface area contributed by atoms with Gasteiger partial charge in [-0.1, -0.05) is 11.2 Å². The van der Waals surface area contributed by atoms with E-state index in [9.17, 15) is 8.78 Å². The molecule has 6 nitrogen and oxygen atoms in total. The van der Waals surface area contributed by atoms with Crippen molar-refractivity contribution in [3.63, 3.8) is 0 Å². The van der Waals surface area contributed by atoms with Crippen LogP contribution in [0.25, 0.3) is 22.8 Å². The van der Waals surface area contributed by atoms with Crippen molar-refractivity contribution in [2.45, 2.75) is 18.4 Å². The summed E-state index contributed by atoms with van der Waals surface area (Å²) in [5.74, 6) is -2.32. The summed E-state index contributed by atoms with van der Waals surface area (Å²) in [7, 11) is 0. The van der Waals surface area contributed by atoms with Crippen molar-refractivity contribution >= 4 is 0 Å². The van der Waals surface area contributed by atoms with E-state index in [4.69, 9.17) is 4.52 Å². The zero-order valence-corrected chi connectivity index (χ0v) is 12.5. The first kappa shape index (κ1) is 14.8. The van der Waals surface area contributed by atoms with Gasteiger partial charge >= 0.3 is 0 Å². The van der Waals surface area contributed by atoms with Crippen molar-refractivity contribution in [3.8, 4) is 22.8 Å². The van der Waals surface area contributed by atoms with E-state index in [0.29, 0.717) is 5.69 Å². The van der Waals surface area contributed by atoms with E-state index in [0.717, 1.165) is 11.3 Å². The fourth-order valence-corrected chi connectivity index (χ4v) is 2.58. The van der Waals surface area contributed by atoms with Crippen LogP contribution in [0.4, 0.5) is 8.78 Å². The first-order chi connectivity index (χ1) is 11.6. The first-order valence-corrected chi connectivity index (χ1v) is 7.43. The molecule has 0 spiro atoms. The molecule has 0 amide bonds.